The topological polar surface area (TPSA) is 101 Å². The van der Waals surface area contributed by atoms with Crippen molar-refractivity contribution in [3.8, 4) is 5.75 Å². The molecule has 2 aromatic rings. The molecule has 1 saturated carbocycles. The Bertz CT molecular complexity index is 1820. The monoisotopic (exact) mass is 766 g/mol. The molecule has 6 aliphatic rings. The van der Waals surface area contributed by atoms with E-state index in [1.165, 1.54) is 11.1 Å². The number of nitrogens with zero attached hydrogens (tertiary/aromatic N) is 3. The summed E-state index contributed by atoms with van der Waals surface area (Å²) in [5, 5.41) is 0.0513. The number of hydrogen-bond acceptors (Lipinski definition) is 9. The summed E-state index contributed by atoms with van der Waals surface area (Å²) in [4.78, 5) is 21.2. The Labute approximate surface area is 320 Å². The molecule has 2 aromatic carbocycles. The largest absolute Gasteiger partial charge is 0.490 e. The smallest absolute Gasteiger partial charge is 0.264 e. The Balaban J connectivity index is 1.18. The Morgan fingerprint density at radius 1 is 1.08 bits per heavy atom. The van der Waals surface area contributed by atoms with Crippen LogP contribution in [0, 0.1) is 11.8 Å². The maximum absolute atomic E-state index is 13.7. The number of halogens is 1. The van der Waals surface area contributed by atoms with Gasteiger partial charge in [0.1, 0.15) is 11.4 Å². The van der Waals surface area contributed by atoms with Gasteiger partial charge in [0.05, 0.1) is 30.8 Å². The van der Waals surface area contributed by atoms with Crippen LogP contribution < -0.4 is 14.4 Å². The van der Waals surface area contributed by atoms with Gasteiger partial charge < -0.3 is 19.1 Å². The van der Waals surface area contributed by atoms with Crippen molar-refractivity contribution in [2.24, 2.45) is 11.8 Å². The average Bonchev–Trinajstić information content (AvgIpc) is 3.29. The average molecular weight is 767 g/mol. The quantitative estimate of drug-likeness (QED) is 0.409. The zero-order valence-electron chi connectivity index (χ0n) is 31.2. The molecular weight excluding hydrogens is 712 g/mol. The number of carbonyl (C=O) groups is 1. The van der Waals surface area contributed by atoms with Crippen molar-refractivity contribution in [3.63, 3.8) is 0 Å². The summed E-state index contributed by atoms with van der Waals surface area (Å²) in [5.41, 5.74) is 2.91. The number of carbonyl (C=O) groups excluding carboxylic acids is 1. The molecule has 8 rings (SSSR count). The van der Waals surface area contributed by atoms with E-state index in [1.807, 2.05) is 32.2 Å². The second-order valence-corrected chi connectivity index (χ2v) is 18.8. The molecule has 0 unspecified atom stereocenters. The highest BCUT2D eigenvalue weighted by Crippen LogP contribution is 2.49. The highest BCUT2D eigenvalue weighted by atomic mass is 35.5. The fourth-order valence-corrected chi connectivity index (χ4v) is 11.9. The lowest BCUT2D eigenvalue weighted by Gasteiger charge is -2.53. The van der Waals surface area contributed by atoms with Gasteiger partial charge in [-0.05, 0) is 105 Å². The van der Waals surface area contributed by atoms with Gasteiger partial charge in [-0.25, -0.2) is 13.1 Å². The van der Waals surface area contributed by atoms with Crippen molar-refractivity contribution in [1.82, 2.24) is 14.5 Å². The summed E-state index contributed by atoms with van der Waals surface area (Å²) in [6.07, 6.45) is 10.9. The van der Waals surface area contributed by atoms with Crippen LogP contribution in [0.4, 0.5) is 5.69 Å². The molecule has 3 fully saturated rings. The SMILES string of the molecule is CC[C@@H]1CC/C=C/[C@](CN2CCN3CCOC[C@@H]3C2)(OC)[C@@H]2CC[C@H]2CN2C[C@@]3(CCCc4cc(Cl)ccc43)COc3ccc(cc32)C(=O)NS1(=O)=O. The lowest BCUT2D eigenvalue weighted by molar-refractivity contribution is -0.108. The number of benzene rings is 2. The Kier molecular flexibility index (Phi) is 10.6. The molecule has 6 atom stereocenters. The van der Waals surface area contributed by atoms with Crippen LogP contribution in [0.2, 0.25) is 5.02 Å². The zero-order valence-corrected chi connectivity index (χ0v) is 32.8. The van der Waals surface area contributed by atoms with Crippen molar-refractivity contribution in [2.75, 3.05) is 77.6 Å². The maximum Gasteiger partial charge on any atom is 0.264 e. The number of methoxy groups -OCH3 is 1. The highest BCUT2D eigenvalue weighted by Gasteiger charge is 2.50. The number of hydrogen-bond donors (Lipinski definition) is 1. The highest BCUT2D eigenvalue weighted by molar-refractivity contribution is 7.90. The van der Waals surface area contributed by atoms with Crippen molar-refractivity contribution < 1.29 is 27.4 Å². The van der Waals surface area contributed by atoms with E-state index in [1.54, 1.807) is 6.07 Å². The summed E-state index contributed by atoms with van der Waals surface area (Å²) in [6, 6.07) is 12.1. The van der Waals surface area contributed by atoms with E-state index < -0.39 is 26.8 Å². The van der Waals surface area contributed by atoms with Crippen LogP contribution in [0.3, 0.4) is 0 Å². The number of anilines is 1. The molecule has 53 heavy (non-hydrogen) atoms. The Hall–Kier alpha value is -2.67. The molecular formula is C41H55ClN4O6S. The first kappa shape index (κ1) is 37.3. The van der Waals surface area contributed by atoms with Gasteiger partial charge in [0.2, 0.25) is 10.0 Å². The van der Waals surface area contributed by atoms with Gasteiger partial charge in [-0.1, -0.05) is 36.7 Å². The predicted octanol–water partition coefficient (Wildman–Crippen LogP) is 5.43. The number of nitrogens with one attached hydrogen (secondary N) is 1. The number of aryl methyl sites for hydroxylation is 1. The van der Waals surface area contributed by atoms with E-state index in [4.69, 9.17) is 25.8 Å². The normalized spacial score (nSPS) is 34.0. The molecule has 12 heteroatoms. The lowest BCUT2D eigenvalue weighted by atomic mass is 9.63. The molecule has 0 aromatic heterocycles. The number of piperazine rings is 1. The predicted molar refractivity (Wildman–Crippen MR) is 208 cm³/mol. The van der Waals surface area contributed by atoms with Crippen LogP contribution in [0.25, 0.3) is 0 Å². The number of morpholine rings is 1. The number of ether oxygens (including phenoxy) is 3. The van der Waals surface area contributed by atoms with Crippen molar-refractivity contribution in [2.45, 2.75) is 80.6 Å². The first-order chi connectivity index (χ1) is 25.6. The molecule has 2 bridgehead atoms. The van der Waals surface area contributed by atoms with Crippen molar-refractivity contribution in [3.05, 3.63) is 70.3 Å². The summed E-state index contributed by atoms with van der Waals surface area (Å²) in [7, 11) is -2.07. The van der Waals surface area contributed by atoms with Crippen molar-refractivity contribution in [1.29, 1.82) is 0 Å². The van der Waals surface area contributed by atoms with Crippen LogP contribution in [-0.2, 0) is 31.3 Å². The van der Waals surface area contributed by atoms with E-state index in [-0.39, 0.29) is 11.3 Å². The second kappa shape index (κ2) is 15.1. The fourth-order valence-electron chi connectivity index (χ4n) is 10.3. The molecule has 10 nitrogen and oxygen atoms in total. The lowest BCUT2D eigenvalue weighted by Crippen LogP contribution is -2.62. The van der Waals surface area contributed by atoms with Crippen LogP contribution in [0.1, 0.15) is 73.4 Å². The Morgan fingerprint density at radius 3 is 2.77 bits per heavy atom. The summed E-state index contributed by atoms with van der Waals surface area (Å²) < 4.78 is 49.0. The number of amides is 1. The maximum atomic E-state index is 13.7. The minimum Gasteiger partial charge on any atom is -0.490 e. The zero-order chi connectivity index (χ0) is 36.8. The number of sulfonamides is 1. The molecule has 2 aliphatic carbocycles. The molecule has 1 amide bonds. The van der Waals surface area contributed by atoms with Gasteiger partial charge in [0.25, 0.3) is 5.91 Å². The third-order valence-electron chi connectivity index (χ3n) is 13.4. The van der Waals surface area contributed by atoms with Gasteiger partial charge >= 0.3 is 0 Å². The molecule has 288 valence electrons. The van der Waals surface area contributed by atoms with Gasteiger partial charge in [0, 0.05) is 75.0 Å². The standard InChI is InChI=1S/C41H55ClN4O6S/c1-3-34-8-4-5-16-41(50-2,27-44-17-18-45-19-20-51-25-33(45)24-44)36-12-9-31(36)23-46-26-40(15-6-7-29-21-32(42)11-13-35(29)40)28-52-38-14-10-30(22-37(38)46)39(47)43-53(34,48)49/h5,10-11,13-14,16,21-22,31,33-34,36H,3-4,6-9,12,15,17-20,23-28H2,1-2H3,(H,43,47)/b16-5+/t31-,33-,34+,36+,40-,41+/m0/s1. The third-order valence-corrected chi connectivity index (χ3v) is 15.5. The fraction of sp³-hybridized carbons (Fsp3) is 0.634. The van der Waals surface area contributed by atoms with E-state index in [0.717, 1.165) is 108 Å². The summed E-state index contributed by atoms with van der Waals surface area (Å²) >= 11 is 6.51. The minimum absolute atomic E-state index is 0.260. The van der Waals surface area contributed by atoms with Gasteiger partial charge in [-0.15, -0.1) is 0 Å². The van der Waals surface area contributed by atoms with Gasteiger partial charge in [-0.2, -0.15) is 0 Å². The molecule has 4 heterocycles. The number of fused-ring (bicyclic) bond motifs is 5. The summed E-state index contributed by atoms with van der Waals surface area (Å²) in [6.45, 7) is 10.2. The van der Waals surface area contributed by atoms with E-state index >= 15 is 0 Å². The van der Waals surface area contributed by atoms with E-state index in [2.05, 4.69) is 43.7 Å². The van der Waals surface area contributed by atoms with Crippen LogP contribution >= 0.6 is 11.6 Å². The third kappa shape index (κ3) is 7.27. The number of allylic oxidation sites excluding steroid dienone is 1. The molecule has 0 radical (unpaired) electrons. The first-order valence-electron chi connectivity index (χ1n) is 19.8. The minimum atomic E-state index is -3.92. The first-order valence-corrected chi connectivity index (χ1v) is 21.7. The second-order valence-electron chi connectivity index (χ2n) is 16.4. The molecule has 2 saturated heterocycles. The summed E-state index contributed by atoms with van der Waals surface area (Å²) in [5.74, 6) is 0.713. The molecule has 1 spiro atoms. The van der Waals surface area contributed by atoms with E-state index in [0.29, 0.717) is 43.4 Å². The van der Waals surface area contributed by atoms with Crippen molar-refractivity contribution >= 4 is 33.2 Å². The van der Waals surface area contributed by atoms with Crippen LogP contribution in [0.5, 0.6) is 5.75 Å². The van der Waals surface area contributed by atoms with Gasteiger partial charge in [0.15, 0.2) is 0 Å². The molecule has 4 aliphatic heterocycles. The number of rotatable bonds is 4. The van der Waals surface area contributed by atoms with Gasteiger partial charge in [-0.3, -0.25) is 14.6 Å². The van der Waals surface area contributed by atoms with Crippen LogP contribution in [0.15, 0.2) is 48.6 Å². The van der Waals surface area contributed by atoms with E-state index in [9.17, 15) is 13.2 Å². The molecule has 1 N–H and O–H groups in total. The van der Waals surface area contributed by atoms with Crippen LogP contribution in [-0.4, -0.2) is 114 Å². The Morgan fingerprint density at radius 2 is 1.96 bits per heavy atom.